The van der Waals surface area contributed by atoms with E-state index in [-0.39, 0.29) is 0 Å². The highest BCUT2D eigenvalue weighted by Crippen LogP contribution is 2.32. The first-order valence-electron chi connectivity index (χ1n) is 10.3. The molecule has 4 nitrogen and oxygen atoms in total. The van der Waals surface area contributed by atoms with Gasteiger partial charge in [0.15, 0.2) is 0 Å². The van der Waals surface area contributed by atoms with Crippen LogP contribution in [0.5, 0.6) is 0 Å². The van der Waals surface area contributed by atoms with Gasteiger partial charge in [-0.15, -0.1) is 0 Å². The Morgan fingerprint density at radius 2 is 2.04 bits per heavy atom. The summed E-state index contributed by atoms with van der Waals surface area (Å²) in [6.07, 6.45) is 14.2. The first-order chi connectivity index (χ1) is 12.2. The summed E-state index contributed by atoms with van der Waals surface area (Å²) in [5, 5.41) is 0. The second-order valence-electron chi connectivity index (χ2n) is 7.73. The van der Waals surface area contributed by atoms with Gasteiger partial charge < -0.3 is 10.6 Å². The van der Waals surface area contributed by atoms with E-state index in [0.29, 0.717) is 5.82 Å². The molecule has 0 saturated carbocycles. The largest absolute Gasteiger partial charge is 0.383 e. The maximum Gasteiger partial charge on any atom is 0.131 e. The van der Waals surface area contributed by atoms with Crippen LogP contribution in [0.15, 0.2) is 6.08 Å². The molecule has 1 aliphatic carbocycles. The Morgan fingerprint density at radius 3 is 2.80 bits per heavy atom. The first-order valence-corrected chi connectivity index (χ1v) is 10.3. The molecule has 0 spiro atoms. The van der Waals surface area contributed by atoms with E-state index < -0.39 is 0 Å². The Hall–Kier alpha value is -1.42. The Morgan fingerprint density at radius 1 is 1.16 bits per heavy atom. The Labute approximate surface area is 152 Å². The van der Waals surface area contributed by atoms with E-state index in [0.717, 1.165) is 48.8 Å². The number of hydrogen-bond donors (Lipinski definition) is 1. The van der Waals surface area contributed by atoms with Gasteiger partial charge >= 0.3 is 0 Å². The molecule has 4 heteroatoms. The van der Waals surface area contributed by atoms with Crippen LogP contribution in [0.2, 0.25) is 0 Å². The van der Waals surface area contributed by atoms with Crippen molar-refractivity contribution in [1.29, 1.82) is 0 Å². The zero-order chi connectivity index (χ0) is 17.6. The van der Waals surface area contributed by atoms with Crippen molar-refractivity contribution in [3.63, 3.8) is 0 Å². The summed E-state index contributed by atoms with van der Waals surface area (Å²) < 4.78 is 0. The first kappa shape index (κ1) is 18.4. The van der Waals surface area contributed by atoms with Gasteiger partial charge in [0.2, 0.25) is 0 Å². The zero-order valence-corrected chi connectivity index (χ0v) is 16.1. The van der Waals surface area contributed by atoms with Crippen LogP contribution >= 0.6 is 0 Å². The van der Waals surface area contributed by atoms with Gasteiger partial charge in [-0.05, 0) is 70.5 Å². The molecular formula is C21H34N4. The highest BCUT2D eigenvalue weighted by molar-refractivity contribution is 5.73. The quantitative estimate of drug-likeness (QED) is 0.676. The summed E-state index contributed by atoms with van der Waals surface area (Å²) in [6, 6.07) is 0.797. The van der Waals surface area contributed by atoms with E-state index in [1.165, 1.54) is 57.2 Å². The molecule has 1 aromatic rings. The lowest BCUT2D eigenvalue weighted by atomic mass is 10.0. The predicted octanol–water partition coefficient (Wildman–Crippen LogP) is 4.39. The molecule has 25 heavy (non-hydrogen) atoms. The molecule has 2 heterocycles. The normalized spacial score (nSPS) is 20.1. The molecule has 0 radical (unpaired) electrons. The molecule has 0 bridgehead atoms. The van der Waals surface area contributed by atoms with E-state index in [9.17, 15) is 0 Å². The number of likely N-dealkylation sites (tertiary alicyclic amines) is 1. The second-order valence-corrected chi connectivity index (χ2v) is 7.73. The minimum Gasteiger partial charge on any atom is -0.383 e. The lowest BCUT2D eigenvalue weighted by Crippen LogP contribution is -2.27. The molecule has 3 rings (SSSR count). The number of nitrogens with zero attached hydrogens (tertiary/aromatic N) is 3. The summed E-state index contributed by atoms with van der Waals surface area (Å²) in [4.78, 5) is 12.0. The number of fused-ring (bicyclic) bond motifs is 1. The molecule has 0 unspecified atom stereocenters. The summed E-state index contributed by atoms with van der Waals surface area (Å²) >= 11 is 0. The van der Waals surface area contributed by atoms with Gasteiger partial charge in [0.25, 0.3) is 0 Å². The number of hydrogen-bond acceptors (Lipinski definition) is 4. The Kier molecular flexibility index (Phi) is 6.46. The number of anilines is 1. The van der Waals surface area contributed by atoms with Gasteiger partial charge in [-0.25, -0.2) is 9.97 Å². The van der Waals surface area contributed by atoms with Gasteiger partial charge in [-0.1, -0.05) is 25.8 Å². The smallest absolute Gasteiger partial charge is 0.131 e. The van der Waals surface area contributed by atoms with Gasteiger partial charge in [0, 0.05) is 18.0 Å². The van der Waals surface area contributed by atoms with Crippen LogP contribution in [0, 0.1) is 0 Å². The summed E-state index contributed by atoms with van der Waals surface area (Å²) in [6.45, 7) is 7.14. The van der Waals surface area contributed by atoms with E-state index in [4.69, 9.17) is 10.7 Å². The SMILES string of the molecule is CCCCc1nc(N)c2c(n1)C(CCCCCN1CCC[C@@H]1C)=CC2. The van der Waals surface area contributed by atoms with Crippen LogP contribution in [0.1, 0.15) is 82.3 Å². The Balaban J connectivity index is 1.48. The highest BCUT2D eigenvalue weighted by atomic mass is 15.2. The number of nitrogens with two attached hydrogens (primary N) is 1. The van der Waals surface area contributed by atoms with Crippen molar-refractivity contribution in [3.8, 4) is 0 Å². The molecular weight excluding hydrogens is 308 g/mol. The maximum absolute atomic E-state index is 6.18. The molecule has 1 fully saturated rings. The fourth-order valence-electron chi connectivity index (χ4n) is 4.14. The van der Waals surface area contributed by atoms with Gasteiger partial charge in [0.05, 0.1) is 5.69 Å². The van der Waals surface area contributed by atoms with Gasteiger partial charge in [-0.2, -0.15) is 0 Å². The van der Waals surface area contributed by atoms with Crippen LogP contribution in [0.3, 0.4) is 0 Å². The van der Waals surface area contributed by atoms with Gasteiger partial charge in [0.1, 0.15) is 11.6 Å². The van der Waals surface area contributed by atoms with E-state index in [2.05, 4.69) is 29.8 Å². The van der Waals surface area contributed by atoms with Crippen molar-refractivity contribution in [1.82, 2.24) is 14.9 Å². The molecule has 1 aromatic heterocycles. The average molecular weight is 343 g/mol. The van der Waals surface area contributed by atoms with Crippen molar-refractivity contribution in [3.05, 3.63) is 23.2 Å². The number of aromatic nitrogens is 2. The molecule has 0 aromatic carbocycles. The standard InChI is InChI=1S/C21H34N4/c1-3-4-11-19-23-20-17(12-13-18(20)21(22)24-19)10-6-5-7-14-25-15-8-9-16(25)2/h12,16H,3-11,13-15H2,1-2H3,(H2,22,23,24)/t16-/m0/s1. The average Bonchev–Trinajstić information content (AvgIpc) is 3.19. The van der Waals surface area contributed by atoms with Crippen LogP contribution in [0.4, 0.5) is 5.82 Å². The summed E-state index contributed by atoms with van der Waals surface area (Å²) in [7, 11) is 0. The van der Waals surface area contributed by atoms with Crippen molar-refractivity contribution >= 4 is 11.4 Å². The van der Waals surface area contributed by atoms with Crippen LogP contribution in [-0.2, 0) is 12.8 Å². The summed E-state index contributed by atoms with van der Waals surface area (Å²) in [5.74, 6) is 1.62. The molecule has 1 saturated heterocycles. The molecule has 1 atom stereocenters. The van der Waals surface area contributed by atoms with E-state index in [1.807, 2.05) is 0 Å². The van der Waals surface area contributed by atoms with Crippen molar-refractivity contribution < 1.29 is 0 Å². The third-order valence-corrected chi connectivity index (χ3v) is 5.78. The topological polar surface area (TPSA) is 55.0 Å². The lowest BCUT2D eigenvalue weighted by Gasteiger charge is -2.20. The molecule has 0 amide bonds. The number of nitrogen functional groups attached to an aromatic ring is 1. The lowest BCUT2D eigenvalue weighted by molar-refractivity contribution is 0.262. The molecule has 138 valence electrons. The number of allylic oxidation sites excluding steroid dienone is 2. The third-order valence-electron chi connectivity index (χ3n) is 5.78. The molecule has 2 aliphatic rings. The fraction of sp³-hybridized carbons (Fsp3) is 0.714. The predicted molar refractivity (Wildman–Crippen MR) is 105 cm³/mol. The fourth-order valence-corrected chi connectivity index (χ4v) is 4.14. The molecule has 2 N–H and O–H groups in total. The van der Waals surface area contributed by atoms with Crippen LogP contribution in [-0.4, -0.2) is 34.0 Å². The van der Waals surface area contributed by atoms with Gasteiger partial charge in [-0.3, -0.25) is 0 Å². The zero-order valence-electron chi connectivity index (χ0n) is 16.1. The summed E-state index contributed by atoms with van der Waals surface area (Å²) in [5.41, 5.74) is 9.87. The maximum atomic E-state index is 6.18. The monoisotopic (exact) mass is 342 g/mol. The highest BCUT2D eigenvalue weighted by Gasteiger charge is 2.21. The van der Waals surface area contributed by atoms with Crippen molar-refractivity contribution in [2.75, 3.05) is 18.8 Å². The Bertz CT molecular complexity index is 608. The number of aryl methyl sites for hydroxylation is 1. The van der Waals surface area contributed by atoms with Crippen molar-refractivity contribution in [2.45, 2.75) is 84.1 Å². The molecule has 1 aliphatic heterocycles. The minimum atomic E-state index is 0.699. The van der Waals surface area contributed by atoms with Crippen LogP contribution in [0.25, 0.3) is 5.57 Å². The number of rotatable bonds is 9. The number of unbranched alkanes of at least 4 members (excludes halogenated alkanes) is 3. The third kappa shape index (κ3) is 4.60. The van der Waals surface area contributed by atoms with Crippen molar-refractivity contribution in [2.24, 2.45) is 0 Å². The second kappa shape index (κ2) is 8.79. The van der Waals surface area contributed by atoms with E-state index >= 15 is 0 Å². The minimum absolute atomic E-state index is 0.699. The van der Waals surface area contributed by atoms with Crippen LogP contribution < -0.4 is 5.73 Å². The van der Waals surface area contributed by atoms with E-state index in [1.54, 1.807) is 0 Å².